The molecule has 8 heteroatoms. The van der Waals surface area contributed by atoms with Crippen LogP contribution in [0.25, 0.3) is 0 Å². The van der Waals surface area contributed by atoms with Crippen molar-refractivity contribution in [2.45, 2.75) is 37.1 Å². The molecule has 6 nitrogen and oxygen atoms in total. The molecule has 0 bridgehead atoms. The summed E-state index contributed by atoms with van der Waals surface area (Å²) in [6, 6.07) is 7.80. The maximum Gasteiger partial charge on any atom is 0.283 e. The highest BCUT2D eigenvalue weighted by Gasteiger charge is 2.48. The van der Waals surface area contributed by atoms with Gasteiger partial charge >= 0.3 is 0 Å². The minimum absolute atomic E-state index is 0.0984. The molecule has 4 aliphatic rings. The number of alkyl halides is 2. The number of nitrogens with two attached hydrogens (primary N) is 1. The number of aliphatic imine (C=N–C) groups is 1. The highest BCUT2D eigenvalue weighted by molar-refractivity contribution is 5.77. The van der Waals surface area contributed by atoms with Crippen LogP contribution in [0.4, 0.5) is 14.5 Å². The number of anilines is 1. The zero-order valence-electron chi connectivity index (χ0n) is 17.4. The Labute approximate surface area is 184 Å². The van der Waals surface area contributed by atoms with Gasteiger partial charge in [0.2, 0.25) is 5.88 Å². The fraction of sp³-hybridized carbons (Fsp3) is 0.417. The first kappa shape index (κ1) is 19.4. The van der Waals surface area contributed by atoms with Crippen molar-refractivity contribution in [3.8, 4) is 23.5 Å². The van der Waals surface area contributed by atoms with Crippen molar-refractivity contribution in [3.05, 3.63) is 47.2 Å². The molecular formula is C24H22F2N4O2. The molecule has 2 N–H and O–H groups in total. The molecule has 1 spiro atoms. The minimum Gasteiger partial charge on any atom is -0.462 e. The molecule has 1 saturated carbocycles. The van der Waals surface area contributed by atoms with Crippen molar-refractivity contribution >= 4 is 11.7 Å². The summed E-state index contributed by atoms with van der Waals surface area (Å²) >= 11 is 0. The van der Waals surface area contributed by atoms with Gasteiger partial charge in [-0.05, 0) is 37.1 Å². The average Bonchev–Trinajstić information content (AvgIpc) is 3.53. The molecule has 32 heavy (non-hydrogen) atoms. The molecule has 0 unspecified atom stereocenters. The summed E-state index contributed by atoms with van der Waals surface area (Å²) in [4.78, 5) is 11.1. The van der Waals surface area contributed by atoms with E-state index in [1.807, 2.05) is 29.2 Å². The molecule has 2 fully saturated rings. The van der Waals surface area contributed by atoms with E-state index in [2.05, 4.69) is 21.8 Å². The van der Waals surface area contributed by atoms with E-state index in [-0.39, 0.29) is 38.6 Å². The second kappa shape index (κ2) is 6.83. The fourth-order valence-corrected chi connectivity index (χ4v) is 4.47. The van der Waals surface area contributed by atoms with Gasteiger partial charge in [0.25, 0.3) is 11.9 Å². The van der Waals surface area contributed by atoms with Crippen molar-refractivity contribution in [2.75, 3.05) is 24.6 Å². The van der Waals surface area contributed by atoms with Crippen molar-refractivity contribution in [1.82, 2.24) is 4.98 Å². The third kappa shape index (κ3) is 3.24. The van der Waals surface area contributed by atoms with Gasteiger partial charge in [-0.1, -0.05) is 11.8 Å². The smallest absolute Gasteiger partial charge is 0.283 e. The van der Waals surface area contributed by atoms with Crippen LogP contribution >= 0.6 is 0 Å². The molecule has 0 radical (unpaired) electrons. The number of fused-ring (bicyclic) bond motifs is 4. The first-order valence-corrected chi connectivity index (χ1v) is 10.9. The summed E-state index contributed by atoms with van der Waals surface area (Å²) in [5.74, 6) is 5.46. The lowest BCUT2D eigenvalue weighted by molar-refractivity contribution is -0.0220. The van der Waals surface area contributed by atoms with Crippen LogP contribution in [0.2, 0.25) is 0 Å². The largest absolute Gasteiger partial charge is 0.462 e. The number of amidine groups is 1. The van der Waals surface area contributed by atoms with E-state index < -0.39 is 11.5 Å². The van der Waals surface area contributed by atoms with Gasteiger partial charge in [0.1, 0.15) is 12.4 Å². The number of nitrogens with zero attached hydrogens (tertiary/aromatic N) is 3. The topological polar surface area (TPSA) is 73.0 Å². The molecule has 1 aromatic heterocycles. The highest BCUT2D eigenvalue weighted by Crippen LogP contribution is 2.51. The Kier molecular flexibility index (Phi) is 4.13. The van der Waals surface area contributed by atoms with Gasteiger partial charge in [-0.3, -0.25) is 0 Å². The molecule has 1 saturated heterocycles. The quantitative estimate of drug-likeness (QED) is 0.689. The molecule has 2 aromatic rings. The Balaban J connectivity index is 1.42. The summed E-state index contributed by atoms with van der Waals surface area (Å²) in [7, 11) is 0. The fourth-order valence-electron chi connectivity index (χ4n) is 4.47. The molecule has 4 heterocycles. The first-order chi connectivity index (χ1) is 15.4. The van der Waals surface area contributed by atoms with Gasteiger partial charge in [0, 0.05) is 43.0 Å². The van der Waals surface area contributed by atoms with Gasteiger partial charge in [-0.15, -0.1) is 0 Å². The number of benzene rings is 1. The lowest BCUT2D eigenvalue weighted by Crippen LogP contribution is -2.40. The van der Waals surface area contributed by atoms with Crippen LogP contribution < -0.4 is 15.4 Å². The van der Waals surface area contributed by atoms with E-state index in [4.69, 9.17) is 15.2 Å². The van der Waals surface area contributed by atoms with Gasteiger partial charge in [-0.2, -0.15) is 0 Å². The third-order valence-electron chi connectivity index (χ3n) is 6.50. The minimum atomic E-state index is -2.61. The van der Waals surface area contributed by atoms with E-state index in [0.717, 1.165) is 29.7 Å². The third-order valence-corrected chi connectivity index (χ3v) is 6.50. The van der Waals surface area contributed by atoms with Crippen molar-refractivity contribution < 1.29 is 18.3 Å². The highest BCUT2D eigenvalue weighted by atomic mass is 19.3. The summed E-state index contributed by atoms with van der Waals surface area (Å²) in [5, 5.41) is 0. The monoisotopic (exact) mass is 436 g/mol. The molecule has 3 aliphatic heterocycles. The maximum absolute atomic E-state index is 13.6. The maximum atomic E-state index is 13.6. The molecular weight excluding hydrogens is 414 g/mol. The van der Waals surface area contributed by atoms with Crippen LogP contribution in [-0.4, -0.2) is 36.6 Å². The number of hydrogen-bond donors (Lipinski definition) is 1. The van der Waals surface area contributed by atoms with Crippen molar-refractivity contribution in [1.29, 1.82) is 0 Å². The van der Waals surface area contributed by atoms with Gasteiger partial charge < -0.3 is 20.1 Å². The molecule has 0 amide bonds. The Hall–Kier alpha value is -3.34. The van der Waals surface area contributed by atoms with E-state index in [1.165, 1.54) is 0 Å². The van der Waals surface area contributed by atoms with E-state index in [1.54, 1.807) is 6.20 Å². The molecule has 164 valence electrons. The summed E-state index contributed by atoms with van der Waals surface area (Å²) < 4.78 is 39.0. The van der Waals surface area contributed by atoms with Crippen LogP contribution in [0.1, 0.15) is 42.4 Å². The number of pyridine rings is 1. The van der Waals surface area contributed by atoms with E-state index in [9.17, 15) is 8.78 Å². The van der Waals surface area contributed by atoms with Crippen LogP contribution in [-0.2, 0) is 10.3 Å². The van der Waals surface area contributed by atoms with E-state index in [0.29, 0.717) is 23.1 Å². The number of ether oxygens (including phenoxy) is 2. The number of rotatable bonds is 1. The number of piperidine rings is 1. The van der Waals surface area contributed by atoms with Crippen molar-refractivity contribution in [2.24, 2.45) is 16.6 Å². The van der Waals surface area contributed by atoms with Gasteiger partial charge in [0.05, 0.1) is 17.4 Å². The second-order valence-electron chi connectivity index (χ2n) is 8.84. The van der Waals surface area contributed by atoms with Crippen molar-refractivity contribution in [3.63, 3.8) is 0 Å². The summed E-state index contributed by atoms with van der Waals surface area (Å²) in [6.07, 6.45) is 3.63. The molecule has 1 aromatic carbocycles. The van der Waals surface area contributed by atoms with E-state index >= 15 is 0 Å². The number of halogens is 2. The molecule has 1 atom stereocenters. The van der Waals surface area contributed by atoms with Gasteiger partial charge in [-0.25, -0.2) is 18.8 Å². The Morgan fingerprint density at radius 2 is 1.94 bits per heavy atom. The van der Waals surface area contributed by atoms with Crippen LogP contribution in [0.5, 0.6) is 11.6 Å². The number of aromatic nitrogens is 1. The molecule has 6 rings (SSSR count). The predicted octanol–water partition coefficient (Wildman–Crippen LogP) is 3.77. The SMILES string of the molecule is NC1=N[C@@]2(CO1)c1cc(C#CC3CC3)ccc1Oc1ncc(N3CCC(F)(F)CC3)cc12. The summed E-state index contributed by atoms with van der Waals surface area (Å²) in [5.41, 5.74) is 8.22. The zero-order chi connectivity index (χ0) is 21.9. The van der Waals surface area contributed by atoms with Crippen LogP contribution in [0.3, 0.4) is 0 Å². The Morgan fingerprint density at radius 3 is 2.66 bits per heavy atom. The van der Waals surface area contributed by atoms with Crippen LogP contribution in [0, 0.1) is 17.8 Å². The second-order valence-corrected chi connectivity index (χ2v) is 8.84. The molecule has 1 aliphatic carbocycles. The Morgan fingerprint density at radius 1 is 1.12 bits per heavy atom. The predicted molar refractivity (Wildman–Crippen MR) is 115 cm³/mol. The lowest BCUT2D eigenvalue weighted by atomic mass is 9.81. The average molecular weight is 436 g/mol. The lowest BCUT2D eigenvalue weighted by Gasteiger charge is -2.36. The van der Waals surface area contributed by atoms with Crippen LogP contribution in [0.15, 0.2) is 35.5 Å². The summed E-state index contributed by atoms with van der Waals surface area (Å²) in [6.45, 7) is 0.742. The van der Waals surface area contributed by atoms with Gasteiger partial charge in [0.15, 0.2) is 5.54 Å². The number of hydrogen-bond acceptors (Lipinski definition) is 6. The normalized spacial score (nSPS) is 25.1. The Bertz CT molecular complexity index is 1190. The standard InChI is InChI=1S/C24H22F2N4O2/c25-23(26)7-9-30(10-8-23)17-12-19-21(28-13-17)32-20-6-5-16(4-3-15-1-2-15)11-18(20)24(19)14-31-22(27)29-24/h5-6,11-13,15H,1-2,7-10,14H2,(H2,27,29)/t24-/m0/s1. The zero-order valence-corrected chi connectivity index (χ0v) is 17.4. The first-order valence-electron chi connectivity index (χ1n) is 10.9.